The molecule has 1 aromatic carbocycles. The summed E-state index contributed by atoms with van der Waals surface area (Å²) in [5, 5.41) is 10.5. The smallest absolute Gasteiger partial charge is 0.227 e. The quantitative estimate of drug-likeness (QED) is 0.913. The summed E-state index contributed by atoms with van der Waals surface area (Å²) in [6.07, 6.45) is 0.604. The van der Waals surface area contributed by atoms with Crippen LogP contribution in [-0.4, -0.2) is 60.1 Å². The van der Waals surface area contributed by atoms with Crippen molar-refractivity contribution in [2.75, 3.05) is 27.2 Å². The number of hydrogen-bond donors (Lipinski definition) is 1. The molecule has 0 bridgehead atoms. The van der Waals surface area contributed by atoms with E-state index in [4.69, 9.17) is 11.6 Å². The Morgan fingerprint density at radius 2 is 2.05 bits per heavy atom. The van der Waals surface area contributed by atoms with Crippen molar-refractivity contribution >= 4 is 17.5 Å². The molecule has 1 heterocycles. The molecule has 1 aliphatic rings. The SMILES string of the molecule is CN(C)CC1CC(O)CN1C(=O)Cc1ccc(Cl)cc1. The maximum Gasteiger partial charge on any atom is 0.227 e. The highest BCUT2D eigenvalue weighted by Crippen LogP contribution is 2.20. The lowest BCUT2D eigenvalue weighted by Gasteiger charge is -2.27. The third-order valence-electron chi connectivity index (χ3n) is 3.56. The summed E-state index contributed by atoms with van der Waals surface area (Å²) in [5.41, 5.74) is 0.949. The van der Waals surface area contributed by atoms with Gasteiger partial charge in [0.25, 0.3) is 0 Å². The number of aliphatic hydroxyl groups is 1. The summed E-state index contributed by atoms with van der Waals surface area (Å²) < 4.78 is 0. The van der Waals surface area contributed by atoms with Crippen LogP contribution in [0.2, 0.25) is 5.02 Å². The summed E-state index contributed by atoms with van der Waals surface area (Å²) in [4.78, 5) is 16.3. The molecule has 0 aliphatic carbocycles. The second-order valence-electron chi connectivity index (χ2n) is 5.65. The Hall–Kier alpha value is -1.10. The van der Waals surface area contributed by atoms with Gasteiger partial charge in [0.05, 0.1) is 12.5 Å². The fourth-order valence-electron chi connectivity index (χ4n) is 2.67. The van der Waals surface area contributed by atoms with E-state index in [0.717, 1.165) is 12.1 Å². The molecule has 5 heteroatoms. The van der Waals surface area contributed by atoms with Gasteiger partial charge in [-0.25, -0.2) is 0 Å². The van der Waals surface area contributed by atoms with Gasteiger partial charge in [-0.1, -0.05) is 23.7 Å². The highest BCUT2D eigenvalue weighted by Gasteiger charge is 2.34. The zero-order valence-corrected chi connectivity index (χ0v) is 12.7. The van der Waals surface area contributed by atoms with Crippen LogP contribution in [0.3, 0.4) is 0 Å². The highest BCUT2D eigenvalue weighted by molar-refractivity contribution is 6.30. The van der Waals surface area contributed by atoms with Crippen LogP contribution in [0.25, 0.3) is 0 Å². The zero-order chi connectivity index (χ0) is 14.7. The van der Waals surface area contributed by atoms with Gasteiger partial charge in [0.1, 0.15) is 0 Å². The monoisotopic (exact) mass is 296 g/mol. The van der Waals surface area contributed by atoms with Gasteiger partial charge in [0.2, 0.25) is 5.91 Å². The van der Waals surface area contributed by atoms with Crippen molar-refractivity contribution in [3.05, 3.63) is 34.9 Å². The summed E-state index contributed by atoms with van der Waals surface area (Å²) in [7, 11) is 3.96. The van der Waals surface area contributed by atoms with Crippen LogP contribution in [-0.2, 0) is 11.2 Å². The standard InChI is InChI=1S/C15H21ClN2O2/c1-17(2)9-13-8-14(19)10-18(13)15(20)7-11-3-5-12(16)6-4-11/h3-6,13-14,19H,7-10H2,1-2H3. The van der Waals surface area contributed by atoms with Crippen LogP contribution in [0, 0.1) is 0 Å². The Kier molecular flexibility index (Phi) is 5.02. The average Bonchev–Trinajstić information content (AvgIpc) is 2.72. The Bertz CT molecular complexity index is 461. The molecule has 2 unspecified atom stereocenters. The number of likely N-dealkylation sites (N-methyl/N-ethyl adjacent to an activating group) is 1. The van der Waals surface area contributed by atoms with Crippen LogP contribution < -0.4 is 0 Å². The Labute approximate surface area is 124 Å². The molecular weight excluding hydrogens is 276 g/mol. The third kappa shape index (κ3) is 3.95. The molecule has 0 saturated carbocycles. The van der Waals surface area contributed by atoms with E-state index in [1.807, 2.05) is 31.1 Å². The van der Waals surface area contributed by atoms with E-state index in [2.05, 4.69) is 0 Å². The van der Waals surface area contributed by atoms with Crippen LogP contribution in [0.4, 0.5) is 0 Å². The van der Waals surface area contributed by atoms with E-state index in [-0.39, 0.29) is 11.9 Å². The average molecular weight is 297 g/mol. The molecule has 1 aromatic rings. The van der Waals surface area contributed by atoms with E-state index in [9.17, 15) is 9.90 Å². The molecule has 0 aromatic heterocycles. The van der Waals surface area contributed by atoms with Gasteiger partial charge < -0.3 is 14.9 Å². The first-order valence-electron chi connectivity index (χ1n) is 6.82. The number of likely N-dealkylation sites (tertiary alicyclic amines) is 1. The van der Waals surface area contributed by atoms with Crippen molar-refractivity contribution in [3.63, 3.8) is 0 Å². The molecule has 1 amide bonds. The van der Waals surface area contributed by atoms with Gasteiger partial charge in [0, 0.05) is 24.2 Å². The fraction of sp³-hybridized carbons (Fsp3) is 0.533. The van der Waals surface area contributed by atoms with Gasteiger partial charge in [0.15, 0.2) is 0 Å². The molecule has 20 heavy (non-hydrogen) atoms. The van der Waals surface area contributed by atoms with Crippen molar-refractivity contribution in [1.29, 1.82) is 0 Å². The highest BCUT2D eigenvalue weighted by atomic mass is 35.5. The number of halogens is 1. The molecule has 1 aliphatic heterocycles. The first-order chi connectivity index (χ1) is 9.45. The molecule has 0 radical (unpaired) electrons. The van der Waals surface area contributed by atoms with Gasteiger partial charge >= 0.3 is 0 Å². The maximum atomic E-state index is 12.4. The predicted octanol–water partition coefficient (Wildman–Crippen LogP) is 1.41. The van der Waals surface area contributed by atoms with E-state index in [1.165, 1.54) is 0 Å². The minimum Gasteiger partial charge on any atom is -0.391 e. The molecule has 2 rings (SSSR count). The third-order valence-corrected chi connectivity index (χ3v) is 3.81. The van der Waals surface area contributed by atoms with Crippen LogP contribution in [0.5, 0.6) is 0 Å². The minimum absolute atomic E-state index is 0.0655. The second kappa shape index (κ2) is 6.57. The summed E-state index contributed by atoms with van der Waals surface area (Å²) >= 11 is 5.84. The number of benzene rings is 1. The van der Waals surface area contributed by atoms with E-state index in [1.54, 1.807) is 17.0 Å². The molecule has 1 N–H and O–H groups in total. The largest absolute Gasteiger partial charge is 0.391 e. The Morgan fingerprint density at radius 3 is 2.65 bits per heavy atom. The molecule has 1 saturated heterocycles. The summed E-state index contributed by atoms with van der Waals surface area (Å²) in [6.45, 7) is 1.22. The number of hydrogen-bond acceptors (Lipinski definition) is 3. The van der Waals surface area contributed by atoms with Crippen molar-refractivity contribution < 1.29 is 9.90 Å². The topological polar surface area (TPSA) is 43.8 Å². The lowest BCUT2D eigenvalue weighted by molar-refractivity contribution is -0.131. The first kappa shape index (κ1) is 15.3. The van der Waals surface area contributed by atoms with Crippen molar-refractivity contribution in [3.8, 4) is 0 Å². The zero-order valence-electron chi connectivity index (χ0n) is 11.9. The van der Waals surface area contributed by atoms with Crippen LogP contribution in [0.1, 0.15) is 12.0 Å². The van der Waals surface area contributed by atoms with E-state index >= 15 is 0 Å². The molecule has 0 spiro atoms. The minimum atomic E-state index is -0.408. The predicted molar refractivity (Wildman–Crippen MR) is 79.8 cm³/mol. The van der Waals surface area contributed by atoms with Gasteiger partial charge in [-0.3, -0.25) is 4.79 Å². The van der Waals surface area contributed by atoms with Crippen LogP contribution in [0.15, 0.2) is 24.3 Å². The Morgan fingerprint density at radius 1 is 1.40 bits per heavy atom. The number of amides is 1. The molecule has 4 nitrogen and oxygen atoms in total. The molecule has 110 valence electrons. The molecular formula is C15H21ClN2O2. The van der Waals surface area contributed by atoms with Crippen molar-refractivity contribution in [2.24, 2.45) is 0 Å². The van der Waals surface area contributed by atoms with Crippen LogP contribution >= 0.6 is 11.6 Å². The molecule has 1 fully saturated rings. The summed E-state index contributed by atoms with van der Waals surface area (Å²) in [5.74, 6) is 0.0655. The molecule has 2 atom stereocenters. The first-order valence-corrected chi connectivity index (χ1v) is 7.20. The Balaban J connectivity index is 2.01. The van der Waals surface area contributed by atoms with Gasteiger partial charge in [-0.2, -0.15) is 0 Å². The second-order valence-corrected chi connectivity index (χ2v) is 6.09. The number of carbonyl (C=O) groups excluding carboxylic acids is 1. The van der Waals surface area contributed by atoms with Gasteiger partial charge in [-0.15, -0.1) is 0 Å². The fourth-order valence-corrected chi connectivity index (χ4v) is 2.80. The normalized spacial score (nSPS) is 22.6. The lowest BCUT2D eigenvalue weighted by atomic mass is 10.1. The number of aliphatic hydroxyl groups excluding tert-OH is 1. The number of β-amino-alcohol motifs (C(OH)–C–C–N with tert-alkyl or cyclic N) is 1. The van der Waals surface area contributed by atoms with E-state index in [0.29, 0.717) is 24.4 Å². The number of rotatable bonds is 4. The maximum absolute atomic E-state index is 12.4. The summed E-state index contributed by atoms with van der Waals surface area (Å²) in [6, 6.07) is 7.42. The number of nitrogens with zero attached hydrogens (tertiary/aromatic N) is 2. The van der Waals surface area contributed by atoms with E-state index < -0.39 is 6.10 Å². The van der Waals surface area contributed by atoms with Crippen molar-refractivity contribution in [2.45, 2.75) is 25.0 Å². The lowest BCUT2D eigenvalue weighted by Crippen LogP contribution is -2.42. The number of carbonyl (C=O) groups is 1. The van der Waals surface area contributed by atoms with Gasteiger partial charge in [-0.05, 0) is 38.2 Å². The van der Waals surface area contributed by atoms with Crippen molar-refractivity contribution in [1.82, 2.24) is 9.80 Å².